The van der Waals surface area contributed by atoms with E-state index in [9.17, 15) is 9.18 Å². The van der Waals surface area contributed by atoms with Gasteiger partial charge in [0.15, 0.2) is 5.69 Å². The number of anilines is 2. The van der Waals surface area contributed by atoms with Gasteiger partial charge in [-0.2, -0.15) is 5.10 Å². The zero-order chi connectivity index (χ0) is 20.3. The molecule has 6 heteroatoms. The molecule has 0 saturated carbocycles. The minimum atomic E-state index is -0.299. The van der Waals surface area contributed by atoms with Crippen molar-refractivity contribution in [3.8, 4) is 11.3 Å². The molecular formula is C22H25FN4O. The Labute approximate surface area is 164 Å². The highest BCUT2D eigenvalue weighted by atomic mass is 19.1. The Bertz CT molecular complexity index is 975. The van der Waals surface area contributed by atoms with Crippen LogP contribution >= 0.6 is 0 Å². The minimum absolute atomic E-state index is 0.275. The van der Waals surface area contributed by atoms with Crippen molar-refractivity contribution in [2.75, 3.05) is 23.3 Å². The Balaban J connectivity index is 1.80. The summed E-state index contributed by atoms with van der Waals surface area (Å²) in [5.74, 6) is -0.574. The molecule has 0 radical (unpaired) electrons. The number of amides is 1. The first kappa shape index (κ1) is 19.6. The molecule has 3 rings (SSSR count). The van der Waals surface area contributed by atoms with Crippen LogP contribution in [0, 0.1) is 12.7 Å². The van der Waals surface area contributed by atoms with E-state index in [0.29, 0.717) is 5.69 Å². The molecule has 1 aromatic heterocycles. The fraction of sp³-hybridized carbons (Fsp3) is 0.273. The summed E-state index contributed by atoms with van der Waals surface area (Å²) in [7, 11) is 1.76. The topological polar surface area (TPSA) is 50.2 Å². The van der Waals surface area contributed by atoms with Crippen molar-refractivity contribution in [3.63, 3.8) is 0 Å². The van der Waals surface area contributed by atoms with Crippen LogP contribution in [0.1, 0.15) is 29.9 Å². The second-order valence-corrected chi connectivity index (χ2v) is 6.67. The van der Waals surface area contributed by atoms with Gasteiger partial charge in [-0.05, 0) is 80.4 Å². The predicted molar refractivity (Wildman–Crippen MR) is 111 cm³/mol. The first-order valence-corrected chi connectivity index (χ1v) is 9.39. The number of carbonyl (C=O) groups excluding carboxylic acids is 1. The number of rotatable bonds is 6. The average molecular weight is 380 g/mol. The second-order valence-electron chi connectivity index (χ2n) is 6.67. The Hall–Kier alpha value is -3.15. The van der Waals surface area contributed by atoms with Gasteiger partial charge in [-0.25, -0.2) is 4.39 Å². The lowest BCUT2D eigenvalue weighted by Crippen LogP contribution is -2.22. The van der Waals surface area contributed by atoms with Gasteiger partial charge in [0.2, 0.25) is 0 Å². The zero-order valence-electron chi connectivity index (χ0n) is 16.7. The molecular weight excluding hydrogens is 355 g/mol. The molecule has 3 aromatic rings. The van der Waals surface area contributed by atoms with E-state index in [0.717, 1.165) is 41.3 Å². The lowest BCUT2D eigenvalue weighted by atomic mass is 10.1. The maximum absolute atomic E-state index is 13.2. The molecule has 0 atom stereocenters. The Kier molecular flexibility index (Phi) is 5.78. The highest BCUT2D eigenvalue weighted by Crippen LogP contribution is 2.24. The molecule has 0 aliphatic heterocycles. The van der Waals surface area contributed by atoms with Crippen molar-refractivity contribution < 1.29 is 9.18 Å². The third-order valence-electron chi connectivity index (χ3n) is 4.84. The van der Waals surface area contributed by atoms with Crippen LogP contribution in [-0.4, -0.2) is 28.8 Å². The molecule has 0 saturated heterocycles. The first-order valence-electron chi connectivity index (χ1n) is 9.39. The van der Waals surface area contributed by atoms with Crippen molar-refractivity contribution in [3.05, 3.63) is 65.6 Å². The molecule has 1 heterocycles. The summed E-state index contributed by atoms with van der Waals surface area (Å²) in [4.78, 5) is 14.9. The normalized spacial score (nSPS) is 10.8. The number of aromatic nitrogens is 2. The van der Waals surface area contributed by atoms with E-state index in [1.165, 1.54) is 12.1 Å². The highest BCUT2D eigenvalue weighted by Gasteiger charge is 2.15. The lowest BCUT2D eigenvalue weighted by molar-refractivity contribution is 0.102. The van der Waals surface area contributed by atoms with Crippen LogP contribution in [0.5, 0.6) is 0 Å². The van der Waals surface area contributed by atoms with E-state index >= 15 is 0 Å². The molecule has 1 amide bonds. The summed E-state index contributed by atoms with van der Waals surface area (Å²) in [5, 5.41) is 7.25. The van der Waals surface area contributed by atoms with Crippen molar-refractivity contribution in [2.24, 2.45) is 7.05 Å². The van der Waals surface area contributed by atoms with Gasteiger partial charge in [0.05, 0.1) is 5.69 Å². The van der Waals surface area contributed by atoms with Crippen LogP contribution < -0.4 is 10.2 Å². The number of nitrogens with zero attached hydrogens (tertiary/aromatic N) is 3. The SMILES string of the molecule is CCN(CC)c1ccc(NC(=O)c2cc(-c3ccc(F)cc3)n(C)n2)c(C)c1. The maximum Gasteiger partial charge on any atom is 0.276 e. The largest absolute Gasteiger partial charge is 0.372 e. The molecule has 0 unspecified atom stereocenters. The molecule has 146 valence electrons. The highest BCUT2D eigenvalue weighted by molar-refractivity contribution is 6.04. The fourth-order valence-electron chi connectivity index (χ4n) is 3.23. The van der Waals surface area contributed by atoms with Gasteiger partial charge in [-0.1, -0.05) is 0 Å². The van der Waals surface area contributed by atoms with E-state index in [4.69, 9.17) is 0 Å². The first-order chi connectivity index (χ1) is 13.4. The van der Waals surface area contributed by atoms with Gasteiger partial charge in [0.25, 0.3) is 5.91 Å². The molecule has 1 N–H and O–H groups in total. The van der Waals surface area contributed by atoms with Gasteiger partial charge in [0, 0.05) is 31.5 Å². The number of nitrogens with one attached hydrogen (secondary N) is 1. The number of carbonyl (C=O) groups is 1. The van der Waals surface area contributed by atoms with Crippen molar-refractivity contribution in [1.82, 2.24) is 9.78 Å². The molecule has 0 fully saturated rings. The summed E-state index contributed by atoms with van der Waals surface area (Å²) in [6, 6.07) is 13.8. The molecule has 0 bridgehead atoms. The van der Waals surface area contributed by atoms with Crippen LogP contribution in [0.25, 0.3) is 11.3 Å². The van der Waals surface area contributed by atoms with Crippen LogP contribution in [0.2, 0.25) is 0 Å². The van der Waals surface area contributed by atoms with Crippen molar-refractivity contribution in [2.45, 2.75) is 20.8 Å². The minimum Gasteiger partial charge on any atom is -0.372 e. The summed E-state index contributed by atoms with van der Waals surface area (Å²) in [6.45, 7) is 8.08. The Morgan fingerprint density at radius 3 is 2.39 bits per heavy atom. The van der Waals surface area contributed by atoms with E-state index in [2.05, 4.69) is 35.2 Å². The van der Waals surface area contributed by atoms with E-state index < -0.39 is 0 Å². The van der Waals surface area contributed by atoms with Crippen LogP contribution in [0.15, 0.2) is 48.5 Å². The van der Waals surface area contributed by atoms with E-state index in [1.54, 1.807) is 29.9 Å². The summed E-state index contributed by atoms with van der Waals surface area (Å²) < 4.78 is 14.8. The molecule has 0 aliphatic rings. The van der Waals surface area contributed by atoms with Gasteiger partial charge >= 0.3 is 0 Å². The predicted octanol–water partition coefficient (Wildman–Crippen LogP) is 4.63. The van der Waals surface area contributed by atoms with Crippen molar-refractivity contribution >= 4 is 17.3 Å². The summed E-state index contributed by atoms with van der Waals surface area (Å²) >= 11 is 0. The standard InChI is InChI=1S/C22H25FN4O/c1-5-27(6-2)18-11-12-19(15(3)13-18)24-22(28)20-14-21(26(4)25-20)16-7-9-17(23)10-8-16/h7-14H,5-6H2,1-4H3,(H,24,28). The molecule has 28 heavy (non-hydrogen) atoms. The van der Waals surface area contributed by atoms with E-state index in [1.807, 2.05) is 19.1 Å². The van der Waals surface area contributed by atoms with Gasteiger partial charge in [0.1, 0.15) is 5.82 Å². The van der Waals surface area contributed by atoms with Gasteiger partial charge in [-0.3, -0.25) is 9.48 Å². The number of hydrogen-bond donors (Lipinski definition) is 1. The molecule has 0 aliphatic carbocycles. The fourth-order valence-corrected chi connectivity index (χ4v) is 3.23. The number of aryl methyl sites for hydroxylation is 2. The van der Waals surface area contributed by atoms with Crippen LogP contribution in [0.3, 0.4) is 0 Å². The number of hydrogen-bond acceptors (Lipinski definition) is 3. The summed E-state index contributed by atoms with van der Waals surface area (Å²) in [6.07, 6.45) is 0. The zero-order valence-corrected chi connectivity index (χ0v) is 16.7. The Morgan fingerprint density at radius 2 is 1.79 bits per heavy atom. The second kappa shape index (κ2) is 8.25. The van der Waals surface area contributed by atoms with E-state index in [-0.39, 0.29) is 11.7 Å². The summed E-state index contributed by atoms with van der Waals surface area (Å²) in [5.41, 5.74) is 4.75. The van der Waals surface area contributed by atoms with Gasteiger partial charge in [-0.15, -0.1) is 0 Å². The molecule has 0 spiro atoms. The monoisotopic (exact) mass is 380 g/mol. The number of halogens is 1. The lowest BCUT2D eigenvalue weighted by Gasteiger charge is -2.22. The third kappa shape index (κ3) is 4.06. The van der Waals surface area contributed by atoms with Crippen molar-refractivity contribution in [1.29, 1.82) is 0 Å². The Morgan fingerprint density at radius 1 is 1.11 bits per heavy atom. The molecule has 2 aromatic carbocycles. The van der Waals surface area contributed by atoms with Gasteiger partial charge < -0.3 is 10.2 Å². The third-order valence-corrected chi connectivity index (χ3v) is 4.84. The number of benzene rings is 2. The van der Waals surface area contributed by atoms with Crippen LogP contribution in [0.4, 0.5) is 15.8 Å². The quantitative estimate of drug-likeness (QED) is 0.678. The maximum atomic E-state index is 13.2. The van der Waals surface area contributed by atoms with Crippen LogP contribution in [-0.2, 0) is 7.05 Å². The molecule has 5 nitrogen and oxygen atoms in total. The smallest absolute Gasteiger partial charge is 0.276 e. The average Bonchev–Trinajstić information content (AvgIpc) is 3.07.